The first-order valence-electron chi connectivity index (χ1n) is 8.07. The van der Waals surface area contributed by atoms with E-state index in [4.69, 9.17) is 46.4 Å². The van der Waals surface area contributed by atoms with Crippen molar-refractivity contribution in [2.24, 2.45) is 0 Å². The topological polar surface area (TPSA) is 35.6 Å². The molecule has 1 saturated heterocycles. The summed E-state index contributed by atoms with van der Waals surface area (Å²) in [6, 6.07) is 9.53. The third-order valence-corrected chi connectivity index (χ3v) is 5.88. The molecule has 1 aliphatic rings. The van der Waals surface area contributed by atoms with E-state index in [1.807, 2.05) is 0 Å². The fraction of sp³-hybridized carbons (Fsp3) is 0.278. The van der Waals surface area contributed by atoms with Gasteiger partial charge in [0, 0.05) is 31.9 Å². The molecular weight excluding hydrogens is 416 g/mol. The average molecular weight is 433 g/mol. The SMILES string of the molecule is Cc1ccc(N2CCN(C(=O)Nc3c(Cl)c(Cl)cc(Cl)c3Cl)CC2)cc1. The molecule has 1 fully saturated rings. The lowest BCUT2D eigenvalue weighted by Crippen LogP contribution is -2.50. The van der Waals surface area contributed by atoms with Crippen LogP contribution in [0.3, 0.4) is 0 Å². The monoisotopic (exact) mass is 431 g/mol. The lowest BCUT2D eigenvalue weighted by molar-refractivity contribution is 0.208. The predicted octanol–water partition coefficient (Wildman–Crippen LogP) is 5.96. The highest BCUT2D eigenvalue weighted by molar-refractivity contribution is 6.50. The van der Waals surface area contributed by atoms with Crippen molar-refractivity contribution in [3.8, 4) is 0 Å². The number of urea groups is 1. The van der Waals surface area contributed by atoms with Crippen molar-refractivity contribution in [3.05, 3.63) is 56.0 Å². The van der Waals surface area contributed by atoms with Gasteiger partial charge in [-0.1, -0.05) is 64.1 Å². The van der Waals surface area contributed by atoms with Crippen molar-refractivity contribution in [1.82, 2.24) is 4.90 Å². The van der Waals surface area contributed by atoms with Crippen molar-refractivity contribution in [2.45, 2.75) is 6.92 Å². The largest absolute Gasteiger partial charge is 0.368 e. The number of hydrogen-bond donors (Lipinski definition) is 1. The minimum Gasteiger partial charge on any atom is -0.368 e. The van der Waals surface area contributed by atoms with Gasteiger partial charge in [0.15, 0.2) is 0 Å². The number of amides is 2. The molecule has 138 valence electrons. The van der Waals surface area contributed by atoms with Crippen LogP contribution in [0.15, 0.2) is 30.3 Å². The van der Waals surface area contributed by atoms with E-state index in [0.29, 0.717) is 13.1 Å². The van der Waals surface area contributed by atoms with Crippen molar-refractivity contribution >= 4 is 63.8 Å². The molecule has 1 N–H and O–H groups in total. The first-order valence-corrected chi connectivity index (χ1v) is 9.58. The molecule has 0 radical (unpaired) electrons. The zero-order valence-corrected chi connectivity index (χ0v) is 17.1. The Balaban J connectivity index is 1.65. The Bertz CT molecular complexity index is 792. The van der Waals surface area contributed by atoms with Crippen LogP contribution in [0, 0.1) is 6.92 Å². The highest BCUT2D eigenvalue weighted by Crippen LogP contribution is 2.41. The Morgan fingerprint density at radius 3 is 2.00 bits per heavy atom. The minimum atomic E-state index is -0.282. The Morgan fingerprint density at radius 2 is 1.46 bits per heavy atom. The smallest absolute Gasteiger partial charge is 0.322 e. The second kappa shape index (κ2) is 8.13. The molecule has 1 heterocycles. The van der Waals surface area contributed by atoms with Crippen LogP contribution in [0.2, 0.25) is 20.1 Å². The number of halogens is 4. The number of piperazine rings is 1. The molecule has 0 aliphatic carbocycles. The van der Waals surface area contributed by atoms with Crippen LogP contribution in [-0.4, -0.2) is 37.1 Å². The quantitative estimate of drug-likeness (QED) is 0.594. The molecule has 2 amide bonds. The highest BCUT2D eigenvalue weighted by Gasteiger charge is 2.23. The number of benzene rings is 2. The number of nitrogens with zero attached hydrogens (tertiary/aromatic N) is 2. The van der Waals surface area contributed by atoms with E-state index in [2.05, 4.69) is 41.4 Å². The summed E-state index contributed by atoms with van der Waals surface area (Å²) in [5.41, 5.74) is 2.61. The summed E-state index contributed by atoms with van der Waals surface area (Å²) >= 11 is 24.3. The fourth-order valence-corrected chi connectivity index (χ4v) is 3.70. The van der Waals surface area contributed by atoms with E-state index in [1.54, 1.807) is 4.90 Å². The Morgan fingerprint density at radius 1 is 0.923 bits per heavy atom. The number of nitrogens with one attached hydrogen (secondary N) is 1. The second-order valence-electron chi connectivity index (χ2n) is 6.08. The summed E-state index contributed by atoms with van der Waals surface area (Å²) in [5.74, 6) is 0. The summed E-state index contributed by atoms with van der Waals surface area (Å²) in [6.07, 6.45) is 0. The number of rotatable bonds is 2. The number of carbonyl (C=O) groups excluding carboxylic acids is 1. The minimum absolute atomic E-state index is 0.174. The maximum Gasteiger partial charge on any atom is 0.322 e. The average Bonchev–Trinajstić information content (AvgIpc) is 2.64. The van der Waals surface area contributed by atoms with Crippen molar-refractivity contribution < 1.29 is 4.79 Å². The molecule has 0 saturated carbocycles. The summed E-state index contributed by atoms with van der Waals surface area (Å²) < 4.78 is 0. The van der Waals surface area contributed by atoms with Gasteiger partial charge in [-0.25, -0.2) is 4.79 Å². The Labute approximate surface area is 172 Å². The van der Waals surface area contributed by atoms with E-state index in [0.717, 1.165) is 18.8 Å². The molecule has 2 aromatic carbocycles. The van der Waals surface area contributed by atoms with Gasteiger partial charge in [-0.05, 0) is 25.1 Å². The van der Waals surface area contributed by atoms with E-state index in [1.165, 1.54) is 11.6 Å². The molecule has 0 aromatic heterocycles. The van der Waals surface area contributed by atoms with Gasteiger partial charge >= 0.3 is 6.03 Å². The van der Waals surface area contributed by atoms with Crippen molar-refractivity contribution in [2.75, 3.05) is 36.4 Å². The molecule has 0 bridgehead atoms. The maximum atomic E-state index is 12.6. The predicted molar refractivity (Wildman–Crippen MR) is 110 cm³/mol. The van der Waals surface area contributed by atoms with E-state index in [-0.39, 0.29) is 31.8 Å². The van der Waals surface area contributed by atoms with Gasteiger partial charge in [0.2, 0.25) is 0 Å². The van der Waals surface area contributed by atoms with Gasteiger partial charge in [0.05, 0.1) is 25.8 Å². The molecular formula is C18H17Cl4N3O. The summed E-state index contributed by atoms with van der Waals surface area (Å²) in [5, 5.41) is 3.55. The van der Waals surface area contributed by atoms with E-state index >= 15 is 0 Å². The van der Waals surface area contributed by atoms with Gasteiger partial charge in [-0.15, -0.1) is 0 Å². The summed E-state index contributed by atoms with van der Waals surface area (Å²) in [4.78, 5) is 16.5. The normalized spacial score (nSPS) is 14.5. The third-order valence-electron chi connectivity index (χ3n) is 4.31. The Hall–Kier alpha value is -1.33. The number of carbonyl (C=O) groups is 1. The van der Waals surface area contributed by atoms with Gasteiger partial charge in [0.1, 0.15) is 0 Å². The summed E-state index contributed by atoms with van der Waals surface area (Å²) in [7, 11) is 0. The van der Waals surface area contributed by atoms with Gasteiger partial charge in [-0.3, -0.25) is 0 Å². The van der Waals surface area contributed by atoms with Gasteiger partial charge in [0.25, 0.3) is 0 Å². The van der Waals surface area contributed by atoms with Crippen LogP contribution < -0.4 is 10.2 Å². The van der Waals surface area contributed by atoms with Crippen LogP contribution in [-0.2, 0) is 0 Å². The lowest BCUT2D eigenvalue weighted by Gasteiger charge is -2.36. The maximum absolute atomic E-state index is 12.6. The second-order valence-corrected chi connectivity index (χ2v) is 7.65. The van der Waals surface area contributed by atoms with Crippen LogP contribution in [0.25, 0.3) is 0 Å². The molecule has 26 heavy (non-hydrogen) atoms. The fourth-order valence-electron chi connectivity index (χ4n) is 2.79. The number of aryl methyl sites for hydroxylation is 1. The van der Waals surface area contributed by atoms with Crippen molar-refractivity contribution in [1.29, 1.82) is 0 Å². The molecule has 8 heteroatoms. The van der Waals surface area contributed by atoms with Crippen LogP contribution in [0.5, 0.6) is 0 Å². The van der Waals surface area contributed by atoms with Gasteiger partial charge < -0.3 is 15.1 Å². The molecule has 0 unspecified atom stereocenters. The summed E-state index contributed by atoms with van der Waals surface area (Å²) in [6.45, 7) is 4.72. The number of hydrogen-bond acceptors (Lipinski definition) is 2. The molecule has 0 spiro atoms. The highest BCUT2D eigenvalue weighted by atomic mass is 35.5. The third kappa shape index (κ3) is 4.15. The Kier molecular flexibility index (Phi) is 6.08. The molecule has 4 nitrogen and oxygen atoms in total. The molecule has 0 atom stereocenters. The van der Waals surface area contributed by atoms with E-state index < -0.39 is 0 Å². The van der Waals surface area contributed by atoms with Crippen LogP contribution in [0.4, 0.5) is 16.2 Å². The zero-order valence-electron chi connectivity index (χ0n) is 14.0. The van der Waals surface area contributed by atoms with Crippen LogP contribution >= 0.6 is 46.4 Å². The molecule has 3 rings (SSSR count). The first-order chi connectivity index (χ1) is 12.4. The van der Waals surface area contributed by atoms with Crippen LogP contribution in [0.1, 0.15) is 5.56 Å². The standard InChI is InChI=1S/C18H17Cl4N3O/c1-11-2-4-12(5-3-11)24-6-8-25(9-7-24)18(26)23-17-15(21)13(19)10-14(20)16(17)22/h2-5,10H,6-9H2,1H3,(H,23,26). The van der Waals surface area contributed by atoms with Gasteiger partial charge in [-0.2, -0.15) is 0 Å². The first kappa shape index (κ1) is 19.4. The van der Waals surface area contributed by atoms with E-state index in [9.17, 15) is 4.79 Å². The lowest BCUT2D eigenvalue weighted by atomic mass is 10.2. The molecule has 2 aromatic rings. The number of anilines is 2. The zero-order chi connectivity index (χ0) is 18.8. The molecule has 1 aliphatic heterocycles. The van der Waals surface area contributed by atoms with Crippen molar-refractivity contribution in [3.63, 3.8) is 0 Å².